The molecule has 0 aromatic heterocycles. The second-order valence-corrected chi connectivity index (χ2v) is 9.26. The molecule has 1 saturated heterocycles. The highest BCUT2D eigenvalue weighted by Gasteiger charge is 2.45. The van der Waals surface area contributed by atoms with E-state index < -0.39 is 60.2 Å². The zero-order valence-corrected chi connectivity index (χ0v) is 20.4. The predicted octanol–water partition coefficient (Wildman–Crippen LogP) is 2.09. The first-order valence-corrected chi connectivity index (χ1v) is 11.7. The van der Waals surface area contributed by atoms with Crippen LogP contribution in [0, 0.1) is 11.8 Å². The lowest BCUT2D eigenvalue weighted by Gasteiger charge is -2.32. The van der Waals surface area contributed by atoms with Gasteiger partial charge >= 0.3 is 12.0 Å². The number of para-hydroxylation sites is 1. The van der Waals surface area contributed by atoms with Gasteiger partial charge in [-0.3, -0.25) is 14.4 Å². The van der Waals surface area contributed by atoms with Gasteiger partial charge < -0.3 is 26.0 Å². The van der Waals surface area contributed by atoms with E-state index in [1.54, 1.807) is 44.2 Å². The molecule has 0 radical (unpaired) electrons. The quantitative estimate of drug-likeness (QED) is 0.455. The maximum atomic E-state index is 13.9. The Bertz CT molecular complexity index is 910. The molecule has 11 heteroatoms. The van der Waals surface area contributed by atoms with E-state index in [1.807, 2.05) is 0 Å². The summed E-state index contributed by atoms with van der Waals surface area (Å²) in [6.45, 7) is 5.61. The number of halogens is 2. The molecule has 35 heavy (non-hydrogen) atoms. The molecule has 1 aromatic rings. The van der Waals surface area contributed by atoms with Gasteiger partial charge in [0.2, 0.25) is 17.6 Å². The van der Waals surface area contributed by atoms with Crippen LogP contribution in [0.3, 0.4) is 0 Å². The maximum absolute atomic E-state index is 13.9. The van der Waals surface area contributed by atoms with Gasteiger partial charge in [-0.2, -0.15) is 8.78 Å². The molecule has 0 saturated carbocycles. The monoisotopic (exact) mass is 496 g/mol. The SMILES string of the molecule is CC(C)[C@H](NC(=O)Oc1ccccc1)C(=O)N1CCC[C@H]1C(=O)N[C@H](C(=O)C(F)(F)CN)C(C)C. The van der Waals surface area contributed by atoms with Gasteiger partial charge in [0.25, 0.3) is 0 Å². The molecule has 3 amide bonds. The summed E-state index contributed by atoms with van der Waals surface area (Å²) in [4.78, 5) is 52.3. The third-order valence-electron chi connectivity index (χ3n) is 5.86. The molecule has 1 heterocycles. The first kappa shape index (κ1) is 28.2. The van der Waals surface area contributed by atoms with Crippen molar-refractivity contribution in [2.75, 3.05) is 13.1 Å². The third kappa shape index (κ3) is 7.20. The summed E-state index contributed by atoms with van der Waals surface area (Å²) < 4.78 is 33.0. The van der Waals surface area contributed by atoms with Crippen molar-refractivity contribution in [2.45, 2.75) is 64.6 Å². The van der Waals surface area contributed by atoms with Crippen molar-refractivity contribution >= 4 is 23.7 Å². The van der Waals surface area contributed by atoms with E-state index >= 15 is 0 Å². The Kier molecular flexibility index (Phi) is 9.70. The Balaban J connectivity index is 2.13. The topological polar surface area (TPSA) is 131 Å². The third-order valence-corrected chi connectivity index (χ3v) is 5.86. The van der Waals surface area contributed by atoms with E-state index in [0.29, 0.717) is 18.6 Å². The highest BCUT2D eigenvalue weighted by atomic mass is 19.3. The van der Waals surface area contributed by atoms with Gasteiger partial charge in [-0.25, -0.2) is 4.79 Å². The Hall–Kier alpha value is -3.08. The molecular weight excluding hydrogens is 462 g/mol. The number of hydrogen-bond acceptors (Lipinski definition) is 6. The van der Waals surface area contributed by atoms with Crippen LogP contribution in [0.4, 0.5) is 13.6 Å². The minimum atomic E-state index is -3.78. The lowest BCUT2D eigenvalue weighted by atomic mass is 9.95. The number of ketones is 1. The Labute approximate surface area is 203 Å². The highest BCUT2D eigenvalue weighted by molar-refractivity contribution is 5.97. The fraction of sp³-hybridized carbons (Fsp3) is 0.583. The van der Waals surface area contributed by atoms with Crippen LogP contribution in [0.5, 0.6) is 5.75 Å². The normalized spacial score (nSPS) is 17.7. The smallest absolute Gasteiger partial charge is 0.410 e. The number of nitrogens with zero attached hydrogens (tertiary/aromatic N) is 1. The number of hydrogen-bond donors (Lipinski definition) is 3. The highest BCUT2D eigenvalue weighted by Crippen LogP contribution is 2.23. The van der Waals surface area contributed by atoms with Gasteiger partial charge in [0.1, 0.15) is 17.8 Å². The van der Waals surface area contributed by atoms with Crippen molar-refractivity contribution in [3.63, 3.8) is 0 Å². The maximum Gasteiger partial charge on any atom is 0.413 e. The van der Waals surface area contributed by atoms with Gasteiger partial charge in [0.05, 0.1) is 12.6 Å². The van der Waals surface area contributed by atoms with Crippen LogP contribution in [0.2, 0.25) is 0 Å². The number of nitrogens with two attached hydrogens (primary N) is 1. The number of alkyl halides is 2. The fourth-order valence-corrected chi connectivity index (χ4v) is 3.86. The van der Waals surface area contributed by atoms with E-state index in [9.17, 15) is 28.0 Å². The standard InChI is InChI=1S/C24H34F2N4O5/c1-14(2)18(20(31)24(25,26)13-27)28-21(32)17-11-8-12-30(17)22(33)19(15(3)4)29-23(34)35-16-9-6-5-7-10-16/h5-7,9-10,14-15,17-19H,8,11-13,27H2,1-4H3,(H,28,32)(H,29,34)/t17-,18-,19-/m0/s1. The van der Waals surface area contributed by atoms with Crippen molar-refractivity contribution < 1.29 is 32.7 Å². The number of rotatable bonds is 10. The molecule has 1 aromatic carbocycles. The Morgan fingerprint density at radius 2 is 1.66 bits per heavy atom. The predicted molar refractivity (Wildman–Crippen MR) is 125 cm³/mol. The van der Waals surface area contributed by atoms with Crippen molar-refractivity contribution in [3.8, 4) is 5.75 Å². The fourth-order valence-electron chi connectivity index (χ4n) is 3.86. The average molecular weight is 497 g/mol. The number of benzene rings is 1. The molecule has 1 fully saturated rings. The summed E-state index contributed by atoms with van der Waals surface area (Å²) in [5.41, 5.74) is 5.03. The summed E-state index contributed by atoms with van der Waals surface area (Å²) >= 11 is 0. The number of Topliss-reactive ketones (excluding diaryl/α,β-unsaturated/α-hetero) is 1. The average Bonchev–Trinajstić information content (AvgIpc) is 3.30. The van der Waals surface area contributed by atoms with Crippen molar-refractivity contribution in [2.24, 2.45) is 17.6 Å². The van der Waals surface area contributed by atoms with Crippen LogP contribution in [0.25, 0.3) is 0 Å². The number of carbonyl (C=O) groups excluding carboxylic acids is 4. The van der Waals surface area contributed by atoms with E-state index in [-0.39, 0.29) is 12.5 Å². The number of amides is 3. The second-order valence-electron chi connectivity index (χ2n) is 9.26. The van der Waals surface area contributed by atoms with Gasteiger partial charge in [-0.05, 0) is 36.8 Å². The molecule has 0 aliphatic carbocycles. The zero-order valence-electron chi connectivity index (χ0n) is 20.4. The van der Waals surface area contributed by atoms with Crippen molar-refractivity contribution in [1.29, 1.82) is 0 Å². The van der Waals surface area contributed by atoms with Crippen LogP contribution in [-0.2, 0) is 14.4 Å². The Morgan fingerprint density at radius 3 is 2.20 bits per heavy atom. The summed E-state index contributed by atoms with van der Waals surface area (Å²) in [6.07, 6.45) is -0.0242. The van der Waals surface area contributed by atoms with Gasteiger partial charge in [-0.1, -0.05) is 45.9 Å². The lowest BCUT2D eigenvalue weighted by molar-refractivity contribution is -0.148. The summed E-state index contributed by atoms with van der Waals surface area (Å²) in [5, 5.41) is 4.95. The molecule has 4 N–H and O–H groups in total. The number of nitrogens with one attached hydrogen (secondary N) is 2. The summed E-state index contributed by atoms with van der Waals surface area (Å²) in [5.74, 6) is -7.09. The number of likely N-dealkylation sites (tertiary alicyclic amines) is 1. The first-order valence-electron chi connectivity index (χ1n) is 11.7. The number of carbonyl (C=O) groups is 4. The molecule has 2 rings (SSSR count). The van der Waals surface area contributed by atoms with Crippen LogP contribution >= 0.6 is 0 Å². The van der Waals surface area contributed by atoms with Crippen LogP contribution in [-0.4, -0.2) is 65.7 Å². The van der Waals surface area contributed by atoms with E-state index in [1.165, 1.54) is 18.7 Å². The Morgan fingerprint density at radius 1 is 1.06 bits per heavy atom. The molecule has 1 aliphatic heterocycles. The number of ether oxygens (including phenoxy) is 1. The van der Waals surface area contributed by atoms with Gasteiger partial charge in [0, 0.05) is 6.54 Å². The minimum absolute atomic E-state index is 0.245. The van der Waals surface area contributed by atoms with Crippen molar-refractivity contribution in [1.82, 2.24) is 15.5 Å². The van der Waals surface area contributed by atoms with Gasteiger partial charge in [-0.15, -0.1) is 0 Å². The molecule has 9 nitrogen and oxygen atoms in total. The van der Waals surface area contributed by atoms with Crippen LogP contribution in [0.1, 0.15) is 40.5 Å². The molecule has 194 valence electrons. The molecule has 0 bridgehead atoms. The molecule has 1 aliphatic rings. The van der Waals surface area contributed by atoms with Crippen molar-refractivity contribution in [3.05, 3.63) is 30.3 Å². The first-order chi connectivity index (χ1) is 16.4. The molecule has 0 spiro atoms. The second kappa shape index (κ2) is 12.1. The summed E-state index contributed by atoms with van der Waals surface area (Å²) in [7, 11) is 0. The lowest BCUT2D eigenvalue weighted by Crippen LogP contribution is -2.59. The van der Waals surface area contributed by atoms with Gasteiger partial charge in [0.15, 0.2) is 0 Å². The molecule has 0 unspecified atom stereocenters. The molecular formula is C24H34F2N4O5. The zero-order chi connectivity index (χ0) is 26.3. The summed E-state index contributed by atoms with van der Waals surface area (Å²) in [6, 6.07) is 4.93. The van der Waals surface area contributed by atoms with E-state index in [2.05, 4.69) is 10.6 Å². The van der Waals surface area contributed by atoms with Crippen LogP contribution in [0.15, 0.2) is 30.3 Å². The van der Waals surface area contributed by atoms with E-state index in [4.69, 9.17) is 10.5 Å². The minimum Gasteiger partial charge on any atom is -0.410 e. The van der Waals surface area contributed by atoms with Crippen LogP contribution < -0.4 is 21.1 Å². The largest absolute Gasteiger partial charge is 0.413 e. The molecule has 3 atom stereocenters. The van der Waals surface area contributed by atoms with E-state index in [0.717, 1.165) is 0 Å².